The Morgan fingerprint density at radius 3 is 2.55 bits per heavy atom. The first kappa shape index (κ1) is 30.4. The first-order valence-corrected chi connectivity index (χ1v) is 13.4. The minimum absolute atomic E-state index is 0.0249. The standard InChI is InChI=1S/C30H33F2N5O5/c1-18-15-37(29(39)24-7-5-6-12-33-24)19(2)17-42-26-14-21(9-10-22(26)28(38)36(3)16-27(18)41-4)34-30(40)35-25-13-20(31)8-11-23(25)32/h5-14,18-19,27H,15-17H2,1-4H3,(H2,34,35,40)/t18-,19+,27-/m0/s1. The van der Waals surface area contributed by atoms with Gasteiger partial charge in [0.05, 0.1) is 23.4 Å². The molecule has 4 rings (SSSR count). The highest BCUT2D eigenvalue weighted by molar-refractivity contribution is 6.01. The van der Waals surface area contributed by atoms with Crippen LogP contribution in [0.3, 0.4) is 0 Å². The third-order valence-electron chi connectivity index (χ3n) is 7.03. The van der Waals surface area contributed by atoms with Gasteiger partial charge in [-0.2, -0.15) is 0 Å². The molecule has 2 N–H and O–H groups in total. The number of fused-ring (bicyclic) bond motifs is 1. The predicted molar refractivity (Wildman–Crippen MR) is 153 cm³/mol. The van der Waals surface area contributed by atoms with Crippen LogP contribution in [0.1, 0.15) is 34.7 Å². The average molecular weight is 582 g/mol. The number of halogens is 2. The molecule has 1 aliphatic heterocycles. The van der Waals surface area contributed by atoms with Crippen molar-refractivity contribution in [3.8, 4) is 5.75 Å². The highest BCUT2D eigenvalue weighted by Gasteiger charge is 2.31. The number of hydrogen-bond donors (Lipinski definition) is 2. The van der Waals surface area contributed by atoms with E-state index in [2.05, 4.69) is 15.6 Å². The molecule has 0 unspecified atom stereocenters. The average Bonchev–Trinajstić information content (AvgIpc) is 2.98. The van der Waals surface area contributed by atoms with Crippen LogP contribution in [0.2, 0.25) is 0 Å². The van der Waals surface area contributed by atoms with E-state index in [9.17, 15) is 23.2 Å². The van der Waals surface area contributed by atoms with E-state index in [1.807, 2.05) is 13.8 Å². The molecule has 2 aromatic carbocycles. The van der Waals surface area contributed by atoms with Gasteiger partial charge < -0.3 is 29.9 Å². The number of urea groups is 1. The molecule has 222 valence electrons. The van der Waals surface area contributed by atoms with Gasteiger partial charge in [0.1, 0.15) is 29.7 Å². The summed E-state index contributed by atoms with van der Waals surface area (Å²) in [6, 6.07) is 11.0. The molecule has 0 fully saturated rings. The molecule has 0 aliphatic carbocycles. The number of carbonyl (C=O) groups is 3. The molecular formula is C30H33F2N5O5. The molecule has 1 aliphatic rings. The largest absolute Gasteiger partial charge is 0.491 e. The molecule has 0 saturated heterocycles. The molecule has 0 radical (unpaired) electrons. The molecule has 3 aromatic rings. The Balaban J connectivity index is 1.62. The lowest BCUT2D eigenvalue weighted by Gasteiger charge is -2.36. The van der Waals surface area contributed by atoms with Crippen LogP contribution in [0.15, 0.2) is 60.8 Å². The monoisotopic (exact) mass is 581 g/mol. The lowest BCUT2D eigenvalue weighted by molar-refractivity contribution is 0.0109. The molecule has 3 atom stereocenters. The van der Waals surface area contributed by atoms with Crippen molar-refractivity contribution in [1.82, 2.24) is 14.8 Å². The molecular weight excluding hydrogens is 548 g/mol. The molecule has 0 bridgehead atoms. The molecule has 2 heterocycles. The van der Waals surface area contributed by atoms with Crippen molar-refractivity contribution in [1.29, 1.82) is 0 Å². The number of nitrogens with one attached hydrogen (secondary N) is 2. The van der Waals surface area contributed by atoms with E-state index < -0.39 is 23.7 Å². The number of likely N-dealkylation sites (N-methyl/N-ethyl adjacent to an activating group) is 1. The predicted octanol–water partition coefficient (Wildman–Crippen LogP) is 4.65. The fraction of sp³-hybridized carbons (Fsp3) is 0.333. The lowest BCUT2D eigenvalue weighted by atomic mass is 10.0. The van der Waals surface area contributed by atoms with Gasteiger partial charge in [-0.05, 0) is 43.3 Å². The van der Waals surface area contributed by atoms with Gasteiger partial charge in [0.2, 0.25) is 0 Å². The van der Waals surface area contributed by atoms with Crippen molar-refractivity contribution in [2.75, 3.05) is 44.5 Å². The van der Waals surface area contributed by atoms with Crippen molar-refractivity contribution in [3.63, 3.8) is 0 Å². The van der Waals surface area contributed by atoms with E-state index in [4.69, 9.17) is 9.47 Å². The third-order valence-corrected chi connectivity index (χ3v) is 7.03. The van der Waals surface area contributed by atoms with Gasteiger partial charge in [0.25, 0.3) is 11.8 Å². The Kier molecular flexibility index (Phi) is 9.68. The summed E-state index contributed by atoms with van der Waals surface area (Å²) in [5.74, 6) is -2.08. The first-order valence-electron chi connectivity index (χ1n) is 13.4. The van der Waals surface area contributed by atoms with Crippen LogP contribution in [-0.4, -0.2) is 78.6 Å². The number of hydrogen-bond acceptors (Lipinski definition) is 6. The van der Waals surface area contributed by atoms with E-state index in [0.29, 0.717) is 6.54 Å². The Labute approximate surface area is 242 Å². The van der Waals surface area contributed by atoms with Crippen LogP contribution in [-0.2, 0) is 4.74 Å². The fourth-order valence-electron chi connectivity index (χ4n) is 4.65. The second kappa shape index (κ2) is 13.4. The number of anilines is 2. The second-order valence-electron chi connectivity index (χ2n) is 10.2. The van der Waals surface area contributed by atoms with Crippen LogP contribution >= 0.6 is 0 Å². The Morgan fingerprint density at radius 2 is 1.83 bits per heavy atom. The smallest absolute Gasteiger partial charge is 0.323 e. The maximum Gasteiger partial charge on any atom is 0.323 e. The number of nitrogens with zero attached hydrogens (tertiary/aromatic N) is 3. The summed E-state index contributed by atoms with van der Waals surface area (Å²) < 4.78 is 39.3. The Morgan fingerprint density at radius 1 is 1.05 bits per heavy atom. The van der Waals surface area contributed by atoms with Gasteiger partial charge in [-0.1, -0.05) is 13.0 Å². The highest BCUT2D eigenvalue weighted by Crippen LogP contribution is 2.27. The van der Waals surface area contributed by atoms with Gasteiger partial charge in [-0.3, -0.25) is 14.6 Å². The van der Waals surface area contributed by atoms with E-state index in [-0.39, 0.29) is 65.4 Å². The molecule has 12 heteroatoms. The summed E-state index contributed by atoms with van der Waals surface area (Å²) in [6.07, 6.45) is 1.18. The molecule has 0 spiro atoms. The van der Waals surface area contributed by atoms with Crippen molar-refractivity contribution >= 4 is 29.2 Å². The maximum atomic E-state index is 14.0. The highest BCUT2D eigenvalue weighted by atomic mass is 19.1. The van der Waals surface area contributed by atoms with Gasteiger partial charge in [0.15, 0.2) is 0 Å². The lowest BCUT2D eigenvalue weighted by Crippen LogP contribution is -2.48. The summed E-state index contributed by atoms with van der Waals surface area (Å²) in [5, 5.41) is 4.81. The van der Waals surface area contributed by atoms with Crippen LogP contribution in [0.25, 0.3) is 0 Å². The Bertz CT molecular complexity index is 1440. The van der Waals surface area contributed by atoms with E-state index in [0.717, 1.165) is 18.2 Å². The summed E-state index contributed by atoms with van der Waals surface area (Å²) in [6.45, 7) is 4.38. The van der Waals surface area contributed by atoms with Gasteiger partial charge in [-0.15, -0.1) is 0 Å². The third kappa shape index (κ3) is 7.19. The second-order valence-corrected chi connectivity index (χ2v) is 10.2. The summed E-state index contributed by atoms with van der Waals surface area (Å²) in [5.41, 5.74) is 0.429. The topological polar surface area (TPSA) is 113 Å². The number of ether oxygens (including phenoxy) is 2. The van der Waals surface area contributed by atoms with Crippen LogP contribution in [0.5, 0.6) is 5.75 Å². The summed E-state index contributed by atoms with van der Waals surface area (Å²) in [7, 11) is 3.21. The van der Waals surface area contributed by atoms with Crippen molar-refractivity contribution in [3.05, 3.63) is 83.7 Å². The van der Waals surface area contributed by atoms with Crippen LogP contribution < -0.4 is 15.4 Å². The molecule has 0 saturated carbocycles. The van der Waals surface area contributed by atoms with E-state index in [1.54, 1.807) is 43.5 Å². The number of rotatable bonds is 4. The number of benzene rings is 2. The van der Waals surface area contributed by atoms with Crippen molar-refractivity contribution in [2.24, 2.45) is 5.92 Å². The van der Waals surface area contributed by atoms with E-state index >= 15 is 0 Å². The van der Waals surface area contributed by atoms with Gasteiger partial charge in [0, 0.05) is 57.2 Å². The minimum Gasteiger partial charge on any atom is -0.491 e. The molecule has 10 nitrogen and oxygen atoms in total. The molecule has 1 aromatic heterocycles. The zero-order chi connectivity index (χ0) is 30.4. The SMILES string of the molecule is CO[C@H]1CN(C)C(=O)c2ccc(NC(=O)Nc3cc(F)ccc3F)cc2OC[C@@H](C)N(C(=O)c2ccccn2)C[C@@H]1C. The quantitative estimate of drug-likeness (QED) is 0.464. The van der Waals surface area contributed by atoms with Crippen LogP contribution in [0.4, 0.5) is 25.0 Å². The number of aromatic nitrogens is 1. The fourth-order valence-corrected chi connectivity index (χ4v) is 4.65. The minimum atomic E-state index is -0.825. The van der Waals surface area contributed by atoms with Crippen molar-refractivity contribution in [2.45, 2.75) is 26.0 Å². The zero-order valence-corrected chi connectivity index (χ0v) is 23.8. The number of pyridine rings is 1. The summed E-state index contributed by atoms with van der Waals surface area (Å²) >= 11 is 0. The van der Waals surface area contributed by atoms with Crippen molar-refractivity contribution < 1.29 is 32.6 Å². The number of carbonyl (C=O) groups excluding carboxylic acids is 3. The van der Waals surface area contributed by atoms with E-state index in [1.165, 1.54) is 23.1 Å². The van der Waals surface area contributed by atoms with Crippen LogP contribution in [0, 0.1) is 17.6 Å². The maximum absolute atomic E-state index is 14.0. The Hall–Kier alpha value is -4.58. The summed E-state index contributed by atoms with van der Waals surface area (Å²) in [4.78, 5) is 46.9. The normalized spacial score (nSPS) is 19.6. The number of amides is 4. The zero-order valence-electron chi connectivity index (χ0n) is 23.8. The molecule has 42 heavy (non-hydrogen) atoms. The van der Waals surface area contributed by atoms with Gasteiger partial charge in [-0.25, -0.2) is 13.6 Å². The molecule has 4 amide bonds. The first-order chi connectivity index (χ1) is 20.1. The van der Waals surface area contributed by atoms with Gasteiger partial charge >= 0.3 is 6.03 Å². The number of methoxy groups -OCH3 is 1.